The SMILES string of the molecule is CC(=O)Nc1nc(N)c2c(ccc3c(Cl)c(Cl)ccc32)n1. The minimum absolute atomic E-state index is 0.173. The van der Waals surface area contributed by atoms with E-state index >= 15 is 0 Å². The van der Waals surface area contributed by atoms with Crippen LogP contribution >= 0.6 is 23.2 Å². The molecule has 2 aromatic carbocycles. The maximum atomic E-state index is 11.1. The molecule has 0 atom stereocenters. The molecular formula is C14H10Cl2N4O. The molecule has 0 radical (unpaired) electrons. The Hall–Kier alpha value is -2.11. The van der Waals surface area contributed by atoms with Crippen LogP contribution in [0.1, 0.15) is 6.92 Å². The zero-order valence-electron chi connectivity index (χ0n) is 10.9. The topological polar surface area (TPSA) is 80.9 Å². The summed E-state index contributed by atoms with van der Waals surface area (Å²) in [6.07, 6.45) is 0. The molecule has 21 heavy (non-hydrogen) atoms. The number of nitrogens with two attached hydrogens (primary N) is 1. The number of benzene rings is 2. The minimum atomic E-state index is -0.260. The van der Waals surface area contributed by atoms with E-state index < -0.39 is 0 Å². The van der Waals surface area contributed by atoms with Crippen molar-refractivity contribution in [2.24, 2.45) is 0 Å². The van der Waals surface area contributed by atoms with Crippen molar-refractivity contribution in [3.8, 4) is 0 Å². The van der Waals surface area contributed by atoms with Gasteiger partial charge in [-0.05, 0) is 17.5 Å². The van der Waals surface area contributed by atoms with Crippen LogP contribution in [-0.4, -0.2) is 15.9 Å². The molecule has 106 valence electrons. The minimum Gasteiger partial charge on any atom is -0.383 e. The molecule has 0 bridgehead atoms. The van der Waals surface area contributed by atoms with Crippen molar-refractivity contribution >= 4 is 62.6 Å². The molecule has 3 N–H and O–H groups in total. The largest absolute Gasteiger partial charge is 0.383 e. The highest BCUT2D eigenvalue weighted by Crippen LogP contribution is 2.36. The van der Waals surface area contributed by atoms with Crippen molar-refractivity contribution < 1.29 is 4.79 Å². The van der Waals surface area contributed by atoms with Crippen LogP contribution in [0.15, 0.2) is 24.3 Å². The van der Waals surface area contributed by atoms with E-state index in [1.165, 1.54) is 6.92 Å². The molecule has 1 heterocycles. The van der Waals surface area contributed by atoms with Gasteiger partial charge in [-0.15, -0.1) is 0 Å². The van der Waals surface area contributed by atoms with E-state index in [-0.39, 0.29) is 17.7 Å². The van der Waals surface area contributed by atoms with E-state index in [2.05, 4.69) is 15.3 Å². The van der Waals surface area contributed by atoms with Crippen LogP contribution in [0.3, 0.4) is 0 Å². The van der Waals surface area contributed by atoms with Crippen molar-refractivity contribution in [2.75, 3.05) is 11.1 Å². The summed E-state index contributed by atoms with van der Waals surface area (Å²) in [5.74, 6) is 0.184. The van der Waals surface area contributed by atoms with Gasteiger partial charge in [-0.25, -0.2) is 4.98 Å². The Balaban J connectivity index is 2.36. The summed E-state index contributed by atoms with van der Waals surface area (Å²) in [6, 6.07) is 7.11. The first kappa shape index (κ1) is 13.9. The number of nitrogen functional groups attached to an aromatic ring is 1. The van der Waals surface area contributed by atoms with Crippen LogP contribution in [0, 0.1) is 0 Å². The molecule has 0 spiro atoms. The summed E-state index contributed by atoms with van der Waals surface area (Å²) in [5, 5.41) is 5.72. The number of hydrogen-bond acceptors (Lipinski definition) is 4. The molecule has 0 saturated carbocycles. The summed E-state index contributed by atoms with van der Waals surface area (Å²) in [4.78, 5) is 19.5. The van der Waals surface area contributed by atoms with E-state index in [0.29, 0.717) is 20.9 Å². The molecule has 0 fully saturated rings. The average molecular weight is 321 g/mol. The molecule has 0 aliphatic rings. The van der Waals surface area contributed by atoms with Gasteiger partial charge >= 0.3 is 0 Å². The van der Waals surface area contributed by atoms with Crippen LogP contribution < -0.4 is 11.1 Å². The summed E-state index contributed by atoms with van der Waals surface area (Å²) < 4.78 is 0. The van der Waals surface area contributed by atoms with Gasteiger partial charge in [-0.3, -0.25) is 10.1 Å². The number of fused-ring (bicyclic) bond motifs is 3. The number of halogens is 2. The van der Waals surface area contributed by atoms with Gasteiger partial charge in [0.2, 0.25) is 11.9 Å². The van der Waals surface area contributed by atoms with Crippen molar-refractivity contribution in [3.63, 3.8) is 0 Å². The van der Waals surface area contributed by atoms with Crippen LogP contribution in [0.2, 0.25) is 10.0 Å². The standard InChI is InChI=1S/C14H10Cl2N4O/c1-6(21)18-14-19-10-5-3-8-7(11(10)13(17)20-14)2-4-9(15)12(8)16/h2-5H,1H3,(H3,17,18,19,20,21). The van der Waals surface area contributed by atoms with Gasteiger partial charge in [0.25, 0.3) is 0 Å². The monoisotopic (exact) mass is 320 g/mol. The molecule has 3 aromatic rings. The van der Waals surface area contributed by atoms with Crippen molar-refractivity contribution in [2.45, 2.75) is 6.92 Å². The maximum Gasteiger partial charge on any atom is 0.231 e. The van der Waals surface area contributed by atoms with E-state index in [1.54, 1.807) is 12.1 Å². The van der Waals surface area contributed by atoms with Gasteiger partial charge < -0.3 is 5.73 Å². The molecule has 0 aliphatic heterocycles. The zero-order chi connectivity index (χ0) is 15.1. The number of carbonyl (C=O) groups excluding carboxylic acids is 1. The summed E-state index contributed by atoms with van der Waals surface area (Å²) >= 11 is 12.2. The number of amides is 1. The van der Waals surface area contributed by atoms with E-state index in [0.717, 1.165) is 10.8 Å². The highest BCUT2D eigenvalue weighted by atomic mass is 35.5. The Labute approximate surface area is 130 Å². The third kappa shape index (κ3) is 2.34. The molecule has 1 aromatic heterocycles. The number of aromatic nitrogens is 2. The number of nitrogens with one attached hydrogen (secondary N) is 1. The van der Waals surface area contributed by atoms with Crippen LogP contribution in [0.25, 0.3) is 21.7 Å². The Morgan fingerprint density at radius 3 is 2.57 bits per heavy atom. The second-order valence-electron chi connectivity index (χ2n) is 4.53. The normalized spacial score (nSPS) is 11.0. The highest BCUT2D eigenvalue weighted by molar-refractivity contribution is 6.45. The van der Waals surface area contributed by atoms with Gasteiger partial charge in [-0.1, -0.05) is 35.3 Å². The van der Waals surface area contributed by atoms with Gasteiger partial charge in [-0.2, -0.15) is 4.98 Å². The molecular weight excluding hydrogens is 311 g/mol. The lowest BCUT2D eigenvalue weighted by atomic mass is 10.1. The lowest BCUT2D eigenvalue weighted by Gasteiger charge is -2.09. The van der Waals surface area contributed by atoms with E-state index in [1.807, 2.05) is 12.1 Å². The Kier molecular flexibility index (Phi) is 3.31. The third-order valence-corrected chi connectivity index (χ3v) is 3.88. The molecule has 0 aliphatic carbocycles. The molecule has 0 saturated heterocycles. The summed E-state index contributed by atoms with van der Waals surface area (Å²) in [5.41, 5.74) is 6.63. The van der Waals surface area contributed by atoms with Gasteiger partial charge in [0.1, 0.15) is 5.82 Å². The number of hydrogen-bond donors (Lipinski definition) is 2. The van der Waals surface area contributed by atoms with Gasteiger partial charge in [0.15, 0.2) is 0 Å². The fourth-order valence-corrected chi connectivity index (χ4v) is 2.61. The van der Waals surface area contributed by atoms with Crippen molar-refractivity contribution in [1.29, 1.82) is 0 Å². The van der Waals surface area contributed by atoms with Gasteiger partial charge in [0.05, 0.1) is 20.9 Å². The first-order chi connectivity index (χ1) is 9.97. The van der Waals surface area contributed by atoms with Crippen molar-refractivity contribution in [3.05, 3.63) is 34.3 Å². The molecule has 1 amide bonds. The first-order valence-corrected chi connectivity index (χ1v) is 6.84. The van der Waals surface area contributed by atoms with Crippen LogP contribution in [0.5, 0.6) is 0 Å². The number of carbonyl (C=O) groups is 1. The predicted molar refractivity (Wildman–Crippen MR) is 85.8 cm³/mol. The number of anilines is 2. The Morgan fingerprint density at radius 1 is 1.14 bits per heavy atom. The van der Waals surface area contributed by atoms with E-state index in [4.69, 9.17) is 28.9 Å². The predicted octanol–water partition coefficient (Wildman–Crippen LogP) is 3.63. The van der Waals surface area contributed by atoms with Crippen LogP contribution in [-0.2, 0) is 4.79 Å². The molecule has 7 heteroatoms. The molecule has 0 unspecified atom stereocenters. The number of rotatable bonds is 1. The molecule has 3 rings (SSSR count). The van der Waals surface area contributed by atoms with Crippen LogP contribution in [0.4, 0.5) is 11.8 Å². The maximum absolute atomic E-state index is 11.1. The van der Waals surface area contributed by atoms with Gasteiger partial charge in [0, 0.05) is 12.3 Å². The lowest BCUT2D eigenvalue weighted by Crippen LogP contribution is -2.10. The number of nitrogens with zero attached hydrogens (tertiary/aromatic N) is 2. The highest BCUT2D eigenvalue weighted by Gasteiger charge is 2.12. The smallest absolute Gasteiger partial charge is 0.231 e. The quantitative estimate of drug-likeness (QED) is 0.671. The third-order valence-electron chi connectivity index (χ3n) is 3.06. The fraction of sp³-hybridized carbons (Fsp3) is 0.0714. The summed E-state index contributed by atoms with van der Waals surface area (Å²) in [7, 11) is 0. The molecule has 5 nitrogen and oxygen atoms in total. The fourth-order valence-electron chi connectivity index (χ4n) is 2.22. The zero-order valence-corrected chi connectivity index (χ0v) is 12.5. The lowest BCUT2D eigenvalue weighted by molar-refractivity contribution is -0.114. The van der Waals surface area contributed by atoms with Crippen molar-refractivity contribution in [1.82, 2.24) is 9.97 Å². The Morgan fingerprint density at radius 2 is 1.86 bits per heavy atom. The Bertz CT molecular complexity index is 895. The second kappa shape index (κ2) is 5.02. The average Bonchev–Trinajstić information content (AvgIpc) is 2.41. The second-order valence-corrected chi connectivity index (χ2v) is 5.31. The first-order valence-electron chi connectivity index (χ1n) is 6.09. The van der Waals surface area contributed by atoms with E-state index in [9.17, 15) is 4.79 Å². The summed E-state index contributed by atoms with van der Waals surface area (Å²) in [6.45, 7) is 1.38.